The van der Waals surface area contributed by atoms with Gasteiger partial charge in [0.05, 0.1) is 13.2 Å². The Morgan fingerprint density at radius 3 is 2.85 bits per heavy atom. The van der Waals surface area contributed by atoms with E-state index >= 15 is 0 Å². The van der Waals surface area contributed by atoms with Crippen molar-refractivity contribution >= 4 is 23.1 Å². The molecule has 0 atom stereocenters. The maximum absolute atomic E-state index is 9.67. The van der Waals surface area contributed by atoms with E-state index in [-0.39, 0.29) is 6.10 Å². The van der Waals surface area contributed by atoms with Crippen LogP contribution in [-0.2, 0) is 0 Å². The number of hydrogen-bond acceptors (Lipinski definition) is 7. The number of ether oxygens (including phenoxy) is 1. The summed E-state index contributed by atoms with van der Waals surface area (Å²) in [7, 11) is 1.58. The van der Waals surface area contributed by atoms with Crippen LogP contribution in [0.25, 0.3) is 5.65 Å². The zero-order chi connectivity index (χ0) is 17.9. The Morgan fingerprint density at radius 2 is 2.04 bits per heavy atom. The van der Waals surface area contributed by atoms with Crippen molar-refractivity contribution in [3.63, 3.8) is 0 Å². The van der Waals surface area contributed by atoms with Gasteiger partial charge in [-0.1, -0.05) is 6.07 Å². The molecule has 3 heterocycles. The van der Waals surface area contributed by atoms with Crippen LogP contribution in [0, 0.1) is 0 Å². The average molecular weight is 354 g/mol. The zero-order valence-electron chi connectivity index (χ0n) is 14.6. The summed E-state index contributed by atoms with van der Waals surface area (Å²) in [6.45, 7) is 0. The quantitative estimate of drug-likeness (QED) is 0.648. The Morgan fingerprint density at radius 1 is 1.19 bits per heavy atom. The number of anilines is 3. The van der Waals surface area contributed by atoms with Crippen LogP contribution >= 0.6 is 0 Å². The molecule has 0 radical (unpaired) electrons. The summed E-state index contributed by atoms with van der Waals surface area (Å²) in [6.07, 6.45) is 5.08. The molecule has 1 saturated carbocycles. The Kier molecular flexibility index (Phi) is 4.57. The van der Waals surface area contributed by atoms with Crippen LogP contribution in [0.2, 0.25) is 0 Å². The van der Waals surface area contributed by atoms with Crippen molar-refractivity contribution < 1.29 is 9.84 Å². The highest BCUT2D eigenvalue weighted by molar-refractivity contribution is 5.58. The van der Waals surface area contributed by atoms with E-state index in [1.165, 1.54) is 0 Å². The lowest BCUT2D eigenvalue weighted by molar-refractivity contribution is 0.126. The van der Waals surface area contributed by atoms with Crippen molar-refractivity contribution in [2.24, 2.45) is 0 Å². The normalized spacial score (nSPS) is 20.1. The van der Waals surface area contributed by atoms with Gasteiger partial charge in [-0.15, -0.1) is 5.10 Å². The Hall–Kier alpha value is -2.87. The molecule has 136 valence electrons. The first-order valence-electron chi connectivity index (χ1n) is 8.79. The minimum atomic E-state index is -0.164. The van der Waals surface area contributed by atoms with E-state index in [2.05, 4.69) is 25.7 Å². The molecule has 0 aromatic carbocycles. The van der Waals surface area contributed by atoms with Gasteiger partial charge in [-0.25, -0.2) is 4.98 Å². The number of aliphatic hydroxyl groups is 1. The largest absolute Gasteiger partial charge is 0.481 e. The van der Waals surface area contributed by atoms with Crippen LogP contribution in [0.4, 0.5) is 17.5 Å². The summed E-state index contributed by atoms with van der Waals surface area (Å²) in [5, 5.41) is 20.9. The van der Waals surface area contributed by atoms with Crippen molar-refractivity contribution in [2.45, 2.75) is 37.8 Å². The molecule has 3 aromatic rings. The maximum atomic E-state index is 9.67. The van der Waals surface area contributed by atoms with Gasteiger partial charge < -0.3 is 20.5 Å². The number of nitrogens with zero attached hydrogens (tertiary/aromatic N) is 4. The third-order valence-corrected chi connectivity index (χ3v) is 4.61. The summed E-state index contributed by atoms with van der Waals surface area (Å²) < 4.78 is 6.94. The Bertz CT molecular complexity index is 888. The number of methoxy groups -OCH3 is 1. The topological polar surface area (TPSA) is 96.6 Å². The van der Waals surface area contributed by atoms with E-state index in [1.54, 1.807) is 23.9 Å². The molecule has 1 aliphatic rings. The minimum absolute atomic E-state index is 0.164. The van der Waals surface area contributed by atoms with Crippen LogP contribution in [0.1, 0.15) is 25.7 Å². The first-order valence-corrected chi connectivity index (χ1v) is 8.79. The Balaban J connectivity index is 1.55. The molecule has 8 nitrogen and oxygen atoms in total. The zero-order valence-corrected chi connectivity index (χ0v) is 14.6. The van der Waals surface area contributed by atoms with Gasteiger partial charge in [0.15, 0.2) is 5.65 Å². The monoisotopic (exact) mass is 354 g/mol. The number of pyridine rings is 2. The SMILES string of the molecule is COc1cc(Nc2nc3cccc(N[C@H]4CC[C@@H](O)CC4)n3n2)ccn1. The third-order valence-electron chi connectivity index (χ3n) is 4.61. The molecular weight excluding hydrogens is 332 g/mol. The average Bonchev–Trinajstić information content (AvgIpc) is 3.07. The van der Waals surface area contributed by atoms with Crippen LogP contribution in [-0.4, -0.2) is 43.9 Å². The van der Waals surface area contributed by atoms with E-state index in [9.17, 15) is 5.11 Å². The van der Waals surface area contributed by atoms with Gasteiger partial charge >= 0.3 is 0 Å². The van der Waals surface area contributed by atoms with Crippen molar-refractivity contribution in [1.82, 2.24) is 19.6 Å². The van der Waals surface area contributed by atoms with Crippen LogP contribution in [0.5, 0.6) is 5.88 Å². The lowest BCUT2D eigenvalue weighted by Gasteiger charge is -2.26. The molecule has 1 aliphatic carbocycles. The first-order chi connectivity index (χ1) is 12.7. The van der Waals surface area contributed by atoms with E-state index in [1.807, 2.05) is 24.3 Å². The second kappa shape index (κ2) is 7.17. The smallest absolute Gasteiger partial charge is 0.247 e. The van der Waals surface area contributed by atoms with Gasteiger partial charge in [-0.2, -0.15) is 9.50 Å². The van der Waals surface area contributed by atoms with Crippen LogP contribution in [0.15, 0.2) is 36.5 Å². The lowest BCUT2D eigenvalue weighted by Crippen LogP contribution is -2.29. The summed E-state index contributed by atoms with van der Waals surface area (Å²) in [5.74, 6) is 1.93. The van der Waals surface area contributed by atoms with E-state index < -0.39 is 0 Å². The molecule has 0 unspecified atom stereocenters. The fourth-order valence-corrected chi connectivity index (χ4v) is 3.22. The van der Waals surface area contributed by atoms with Crippen molar-refractivity contribution in [1.29, 1.82) is 0 Å². The van der Waals surface area contributed by atoms with Crippen molar-refractivity contribution in [2.75, 3.05) is 17.7 Å². The van der Waals surface area contributed by atoms with Crippen molar-refractivity contribution in [3.05, 3.63) is 36.5 Å². The minimum Gasteiger partial charge on any atom is -0.481 e. The number of hydrogen-bond donors (Lipinski definition) is 3. The molecule has 0 spiro atoms. The van der Waals surface area contributed by atoms with Gasteiger partial charge in [0.25, 0.3) is 0 Å². The summed E-state index contributed by atoms with van der Waals surface area (Å²) in [6, 6.07) is 9.84. The molecule has 3 N–H and O–H groups in total. The Labute approximate surface area is 151 Å². The van der Waals surface area contributed by atoms with E-state index in [0.29, 0.717) is 17.9 Å². The van der Waals surface area contributed by atoms with Gasteiger partial charge in [0.2, 0.25) is 11.8 Å². The summed E-state index contributed by atoms with van der Waals surface area (Å²) in [4.78, 5) is 8.62. The molecule has 4 rings (SSSR count). The molecule has 0 bridgehead atoms. The highest BCUT2D eigenvalue weighted by atomic mass is 16.5. The summed E-state index contributed by atoms with van der Waals surface area (Å²) >= 11 is 0. The molecule has 3 aromatic heterocycles. The van der Waals surface area contributed by atoms with E-state index in [4.69, 9.17) is 4.74 Å². The lowest BCUT2D eigenvalue weighted by atomic mass is 9.93. The fourth-order valence-electron chi connectivity index (χ4n) is 3.22. The molecule has 0 aliphatic heterocycles. The van der Waals surface area contributed by atoms with Crippen LogP contribution in [0.3, 0.4) is 0 Å². The highest BCUT2D eigenvalue weighted by Crippen LogP contribution is 2.23. The number of fused-ring (bicyclic) bond motifs is 1. The summed E-state index contributed by atoms with van der Waals surface area (Å²) in [5.41, 5.74) is 1.57. The second-order valence-corrected chi connectivity index (χ2v) is 6.48. The standard InChI is InChI=1S/C18H22N6O2/c1-26-17-11-13(9-10-19-17)21-18-22-16-4-2-3-15(24(16)23-18)20-12-5-7-14(25)8-6-12/h2-4,9-12,14,20,25H,5-8H2,1H3,(H,19,21,23)/t12-,14+. The molecule has 0 saturated heterocycles. The number of rotatable bonds is 5. The number of aromatic nitrogens is 4. The van der Waals surface area contributed by atoms with Crippen LogP contribution < -0.4 is 15.4 Å². The third kappa shape index (κ3) is 3.55. The maximum Gasteiger partial charge on any atom is 0.247 e. The fraction of sp³-hybridized carbons (Fsp3) is 0.389. The molecule has 8 heteroatoms. The number of nitrogens with one attached hydrogen (secondary N) is 2. The molecule has 1 fully saturated rings. The predicted molar refractivity (Wildman–Crippen MR) is 98.9 cm³/mol. The first kappa shape index (κ1) is 16.6. The van der Waals surface area contributed by atoms with Gasteiger partial charge in [-0.3, -0.25) is 0 Å². The van der Waals surface area contributed by atoms with Gasteiger partial charge in [0, 0.05) is 24.0 Å². The van der Waals surface area contributed by atoms with Gasteiger partial charge in [-0.05, 0) is 43.9 Å². The predicted octanol–water partition coefficient (Wildman–Crippen LogP) is 2.59. The highest BCUT2D eigenvalue weighted by Gasteiger charge is 2.20. The molecular formula is C18H22N6O2. The molecule has 26 heavy (non-hydrogen) atoms. The van der Waals surface area contributed by atoms with Gasteiger partial charge in [0.1, 0.15) is 5.82 Å². The number of aliphatic hydroxyl groups excluding tert-OH is 1. The van der Waals surface area contributed by atoms with Crippen molar-refractivity contribution in [3.8, 4) is 5.88 Å². The van der Waals surface area contributed by atoms with E-state index in [0.717, 1.165) is 42.8 Å². The molecule has 0 amide bonds. The second-order valence-electron chi connectivity index (χ2n) is 6.48.